The molecule has 0 aromatic heterocycles. The Hall–Kier alpha value is -1.09. The molecule has 0 spiro atoms. The van der Waals surface area contributed by atoms with E-state index in [0.29, 0.717) is 5.02 Å². The monoisotopic (exact) mass is 173 g/mol. The minimum Gasteiger partial charge on any atom is -0.411 e. The number of hydrogen-bond donors (Lipinski definition) is 1. The molecule has 0 heterocycles. The fourth-order valence-electron chi connectivity index (χ4n) is 0.668. The van der Waals surface area contributed by atoms with Gasteiger partial charge in [-0.3, -0.25) is 0 Å². The maximum Gasteiger partial charge on any atom is 0.133 e. The number of rotatable bonds is 1. The van der Waals surface area contributed by atoms with Crippen molar-refractivity contribution in [2.24, 2.45) is 5.16 Å². The van der Waals surface area contributed by atoms with E-state index >= 15 is 0 Å². The summed E-state index contributed by atoms with van der Waals surface area (Å²) < 4.78 is 12.8. The summed E-state index contributed by atoms with van der Waals surface area (Å²) in [6, 6.07) is 4.09. The Bertz CT molecular complexity index is 288. The first kappa shape index (κ1) is 8.01. The molecule has 58 valence electrons. The van der Waals surface area contributed by atoms with E-state index in [0.717, 1.165) is 12.3 Å². The van der Waals surface area contributed by atoms with Crippen molar-refractivity contribution in [3.05, 3.63) is 34.6 Å². The molecule has 0 aliphatic rings. The minimum atomic E-state index is -0.504. The second-order valence-corrected chi connectivity index (χ2v) is 2.35. The molecule has 1 aromatic carbocycles. The van der Waals surface area contributed by atoms with Crippen LogP contribution < -0.4 is 0 Å². The Balaban J connectivity index is 3.09. The summed E-state index contributed by atoms with van der Waals surface area (Å²) in [7, 11) is 0. The van der Waals surface area contributed by atoms with Crippen LogP contribution in [0.15, 0.2) is 23.4 Å². The van der Waals surface area contributed by atoms with Gasteiger partial charge >= 0.3 is 0 Å². The van der Waals surface area contributed by atoms with Crippen LogP contribution in [-0.4, -0.2) is 11.4 Å². The van der Waals surface area contributed by atoms with Crippen molar-refractivity contribution in [3.63, 3.8) is 0 Å². The van der Waals surface area contributed by atoms with Crippen LogP contribution in [0.4, 0.5) is 4.39 Å². The SMILES string of the molecule is O/N=C\c1ccc(Cl)cc1F. The lowest BCUT2D eigenvalue weighted by Crippen LogP contribution is -1.86. The molecule has 0 saturated carbocycles. The fraction of sp³-hybridized carbons (Fsp3) is 0. The molecule has 0 bridgehead atoms. The van der Waals surface area contributed by atoms with Gasteiger partial charge in [0.25, 0.3) is 0 Å². The molecule has 1 N–H and O–H groups in total. The Morgan fingerprint density at radius 2 is 2.27 bits per heavy atom. The van der Waals surface area contributed by atoms with Gasteiger partial charge < -0.3 is 5.21 Å². The Morgan fingerprint density at radius 3 is 2.82 bits per heavy atom. The Morgan fingerprint density at radius 1 is 1.55 bits per heavy atom. The molecule has 1 rings (SSSR count). The highest BCUT2D eigenvalue weighted by molar-refractivity contribution is 6.30. The second kappa shape index (κ2) is 3.34. The largest absolute Gasteiger partial charge is 0.411 e. The van der Waals surface area contributed by atoms with Crippen LogP contribution in [0.1, 0.15) is 5.56 Å². The van der Waals surface area contributed by atoms with Gasteiger partial charge in [0.05, 0.1) is 6.21 Å². The first-order valence-corrected chi connectivity index (χ1v) is 3.24. The first-order valence-electron chi connectivity index (χ1n) is 2.86. The van der Waals surface area contributed by atoms with E-state index in [1.54, 1.807) is 0 Å². The molecule has 0 unspecified atom stereocenters. The topological polar surface area (TPSA) is 32.6 Å². The summed E-state index contributed by atoms with van der Waals surface area (Å²) in [5, 5.41) is 11.1. The van der Waals surface area contributed by atoms with Gasteiger partial charge in [-0.1, -0.05) is 16.8 Å². The highest BCUT2D eigenvalue weighted by atomic mass is 35.5. The van der Waals surface area contributed by atoms with Crippen molar-refractivity contribution in [3.8, 4) is 0 Å². The van der Waals surface area contributed by atoms with Gasteiger partial charge in [0.2, 0.25) is 0 Å². The van der Waals surface area contributed by atoms with Crippen molar-refractivity contribution in [2.45, 2.75) is 0 Å². The zero-order valence-corrected chi connectivity index (χ0v) is 6.22. The molecule has 0 saturated heterocycles. The average molecular weight is 174 g/mol. The van der Waals surface area contributed by atoms with E-state index in [1.807, 2.05) is 0 Å². The zero-order valence-electron chi connectivity index (χ0n) is 5.46. The Kier molecular flexibility index (Phi) is 2.44. The number of nitrogens with zero attached hydrogens (tertiary/aromatic N) is 1. The van der Waals surface area contributed by atoms with E-state index in [9.17, 15) is 4.39 Å². The van der Waals surface area contributed by atoms with Gasteiger partial charge in [-0.2, -0.15) is 0 Å². The molecule has 0 amide bonds. The normalized spacial score (nSPS) is 10.7. The number of benzene rings is 1. The molecule has 0 radical (unpaired) electrons. The average Bonchev–Trinajstić information content (AvgIpc) is 1.95. The molecule has 0 atom stereocenters. The third-order valence-corrected chi connectivity index (χ3v) is 1.39. The summed E-state index contributed by atoms with van der Waals surface area (Å²) in [4.78, 5) is 0. The van der Waals surface area contributed by atoms with Gasteiger partial charge in [-0.25, -0.2) is 4.39 Å². The van der Waals surface area contributed by atoms with E-state index in [4.69, 9.17) is 16.8 Å². The van der Waals surface area contributed by atoms with Crippen LogP contribution in [0.25, 0.3) is 0 Å². The quantitative estimate of drug-likeness (QED) is 0.395. The molecule has 0 fully saturated rings. The van der Waals surface area contributed by atoms with Gasteiger partial charge in [-0.15, -0.1) is 0 Å². The second-order valence-electron chi connectivity index (χ2n) is 1.91. The van der Waals surface area contributed by atoms with Crippen molar-refractivity contribution in [1.29, 1.82) is 0 Å². The molecular formula is C7H5ClFNO. The number of oxime groups is 1. The molecule has 0 aliphatic heterocycles. The molecule has 4 heteroatoms. The maximum absolute atomic E-state index is 12.8. The van der Waals surface area contributed by atoms with Crippen LogP contribution in [0, 0.1) is 5.82 Å². The number of halogens is 2. The van der Waals surface area contributed by atoms with E-state index < -0.39 is 5.82 Å². The molecule has 1 aromatic rings. The lowest BCUT2D eigenvalue weighted by molar-refractivity contribution is 0.321. The lowest BCUT2D eigenvalue weighted by Gasteiger charge is -1.94. The fourth-order valence-corrected chi connectivity index (χ4v) is 0.827. The summed E-state index contributed by atoms with van der Waals surface area (Å²) in [6.45, 7) is 0. The maximum atomic E-state index is 12.8. The molecule has 2 nitrogen and oxygen atoms in total. The third-order valence-electron chi connectivity index (χ3n) is 1.16. The van der Waals surface area contributed by atoms with Crippen LogP contribution in [0.2, 0.25) is 5.02 Å². The summed E-state index contributed by atoms with van der Waals surface area (Å²) in [5.74, 6) is -0.504. The first-order chi connectivity index (χ1) is 5.24. The van der Waals surface area contributed by atoms with E-state index in [1.165, 1.54) is 12.1 Å². The van der Waals surface area contributed by atoms with E-state index in [2.05, 4.69) is 5.16 Å². The lowest BCUT2D eigenvalue weighted by atomic mass is 10.2. The molecular weight excluding hydrogens is 169 g/mol. The van der Waals surface area contributed by atoms with Crippen LogP contribution in [0.3, 0.4) is 0 Å². The van der Waals surface area contributed by atoms with E-state index in [-0.39, 0.29) is 5.56 Å². The van der Waals surface area contributed by atoms with Crippen LogP contribution >= 0.6 is 11.6 Å². The third kappa shape index (κ3) is 1.91. The molecule has 0 aliphatic carbocycles. The standard InChI is InChI=1S/C7H5ClFNO/c8-6-2-1-5(4-10-11)7(9)3-6/h1-4,11H/b10-4-. The van der Waals surface area contributed by atoms with Gasteiger partial charge in [-0.05, 0) is 18.2 Å². The number of hydrogen-bond acceptors (Lipinski definition) is 2. The predicted molar refractivity (Wildman–Crippen MR) is 40.8 cm³/mol. The summed E-state index contributed by atoms with van der Waals surface area (Å²) >= 11 is 5.47. The minimum absolute atomic E-state index is 0.205. The van der Waals surface area contributed by atoms with Crippen LogP contribution in [0.5, 0.6) is 0 Å². The highest BCUT2D eigenvalue weighted by Crippen LogP contribution is 2.12. The van der Waals surface area contributed by atoms with Crippen molar-refractivity contribution in [1.82, 2.24) is 0 Å². The van der Waals surface area contributed by atoms with Gasteiger partial charge in [0.1, 0.15) is 5.82 Å². The van der Waals surface area contributed by atoms with Crippen molar-refractivity contribution < 1.29 is 9.60 Å². The summed E-state index contributed by atoms with van der Waals surface area (Å²) in [6.07, 6.45) is 1.01. The van der Waals surface area contributed by atoms with Crippen molar-refractivity contribution in [2.75, 3.05) is 0 Å². The molecule has 11 heavy (non-hydrogen) atoms. The summed E-state index contributed by atoms with van der Waals surface area (Å²) in [5.41, 5.74) is 0.205. The van der Waals surface area contributed by atoms with Gasteiger partial charge in [0, 0.05) is 10.6 Å². The predicted octanol–water partition coefficient (Wildman–Crippen LogP) is 2.29. The van der Waals surface area contributed by atoms with Crippen LogP contribution in [-0.2, 0) is 0 Å². The van der Waals surface area contributed by atoms with Crippen molar-refractivity contribution >= 4 is 17.8 Å². The van der Waals surface area contributed by atoms with Gasteiger partial charge in [0.15, 0.2) is 0 Å². The smallest absolute Gasteiger partial charge is 0.133 e. The zero-order chi connectivity index (χ0) is 8.27. The Labute approximate surface area is 67.9 Å². The highest BCUT2D eigenvalue weighted by Gasteiger charge is 1.98.